The van der Waals surface area contributed by atoms with Crippen LogP contribution in [0.5, 0.6) is 0 Å². The largest absolute Gasteiger partial charge is 0.289 e. The maximum atomic E-state index is 13.0. The fourth-order valence-corrected chi connectivity index (χ4v) is 3.68. The molecule has 2 atom stereocenters. The van der Waals surface area contributed by atoms with E-state index in [9.17, 15) is 20.2 Å². The van der Waals surface area contributed by atoms with Gasteiger partial charge in [0.15, 0.2) is 5.78 Å². The van der Waals surface area contributed by atoms with Gasteiger partial charge < -0.3 is 0 Å². The smallest absolute Gasteiger partial charge is 0.269 e. The summed E-state index contributed by atoms with van der Waals surface area (Å²) in [6.07, 6.45) is 0. The summed E-state index contributed by atoms with van der Waals surface area (Å²) in [5.41, 5.74) is 3.77. The van der Waals surface area contributed by atoms with Crippen LogP contribution < -0.4 is 0 Å². The molecule has 0 saturated heterocycles. The molecule has 0 N–H and O–H groups in total. The molecule has 0 radical (unpaired) electrons. The Hall–Kier alpha value is -3.59. The van der Waals surface area contributed by atoms with Crippen LogP contribution in [0, 0.1) is 27.4 Å². The Labute approximate surface area is 149 Å². The molecule has 0 amide bonds. The summed E-state index contributed by atoms with van der Waals surface area (Å²) >= 11 is 0. The number of aliphatic imine (C=N–C) groups is 1. The fourth-order valence-electron chi connectivity index (χ4n) is 3.68. The second kappa shape index (κ2) is 5.74. The summed E-state index contributed by atoms with van der Waals surface area (Å²) in [7, 11) is 0. The third-order valence-electron chi connectivity index (χ3n) is 4.91. The Kier molecular flexibility index (Phi) is 3.51. The highest BCUT2D eigenvalue weighted by molar-refractivity contribution is 6.23. The molecule has 2 aliphatic rings. The van der Waals surface area contributed by atoms with Crippen LogP contribution in [-0.2, 0) is 0 Å². The minimum Gasteiger partial charge on any atom is -0.289 e. The van der Waals surface area contributed by atoms with Crippen molar-refractivity contribution in [3.8, 4) is 6.07 Å². The van der Waals surface area contributed by atoms with E-state index in [1.807, 2.05) is 12.1 Å². The molecule has 0 aromatic heterocycles. The standard InChI is InChI=1S/C20H13N3O3/c1-11-16(10-21)17(12-6-8-13(9-7-12)23(25)26)18-19(22-11)14-4-2-3-5-15(14)20(18)24/h2-9,16-17H,1H3/t16?,17-/m1/s1. The summed E-state index contributed by atoms with van der Waals surface area (Å²) in [4.78, 5) is 28.0. The number of fused-ring (bicyclic) bond motifs is 2. The third kappa shape index (κ3) is 2.18. The monoisotopic (exact) mass is 343 g/mol. The second-order valence-electron chi connectivity index (χ2n) is 6.32. The maximum absolute atomic E-state index is 13.0. The van der Waals surface area contributed by atoms with Crippen molar-refractivity contribution in [3.63, 3.8) is 0 Å². The van der Waals surface area contributed by atoms with E-state index in [-0.39, 0.29) is 11.5 Å². The van der Waals surface area contributed by atoms with Gasteiger partial charge in [-0.25, -0.2) is 0 Å². The summed E-state index contributed by atoms with van der Waals surface area (Å²) in [5, 5.41) is 20.6. The molecule has 6 heteroatoms. The van der Waals surface area contributed by atoms with Gasteiger partial charge in [0.2, 0.25) is 0 Å². The molecular formula is C20H13N3O3. The van der Waals surface area contributed by atoms with Gasteiger partial charge in [0.1, 0.15) is 0 Å². The van der Waals surface area contributed by atoms with Gasteiger partial charge in [-0.2, -0.15) is 5.26 Å². The minimum atomic E-state index is -0.589. The van der Waals surface area contributed by atoms with Crippen LogP contribution in [0.3, 0.4) is 0 Å². The zero-order valence-corrected chi connectivity index (χ0v) is 13.8. The van der Waals surface area contributed by atoms with Crippen molar-refractivity contribution in [2.45, 2.75) is 12.8 Å². The SMILES string of the molecule is CC1=NC2=C(C(=O)c3ccccc32)[C@H](c2ccc([N+](=O)[O-])cc2)C1C#N. The molecule has 2 aromatic rings. The number of carbonyl (C=O) groups is 1. The molecule has 1 aliphatic carbocycles. The number of nitriles is 1. The van der Waals surface area contributed by atoms with E-state index in [1.54, 1.807) is 31.2 Å². The Balaban J connectivity index is 1.90. The van der Waals surface area contributed by atoms with Gasteiger partial charge in [-0.05, 0) is 12.5 Å². The quantitative estimate of drug-likeness (QED) is 0.610. The van der Waals surface area contributed by atoms with Crippen molar-refractivity contribution in [3.05, 3.63) is 80.9 Å². The molecule has 0 spiro atoms. The highest BCUT2D eigenvalue weighted by Crippen LogP contribution is 2.47. The van der Waals surface area contributed by atoms with Crippen molar-refractivity contribution in [2.24, 2.45) is 10.9 Å². The van der Waals surface area contributed by atoms with E-state index in [2.05, 4.69) is 11.1 Å². The lowest BCUT2D eigenvalue weighted by Crippen LogP contribution is -2.26. The number of carbonyl (C=O) groups excluding carboxylic acids is 1. The first-order chi connectivity index (χ1) is 12.5. The number of hydrogen-bond acceptors (Lipinski definition) is 5. The Morgan fingerprint density at radius 3 is 2.38 bits per heavy atom. The van der Waals surface area contributed by atoms with E-state index < -0.39 is 16.8 Å². The van der Waals surface area contributed by atoms with Crippen LogP contribution >= 0.6 is 0 Å². The molecule has 0 bridgehead atoms. The third-order valence-corrected chi connectivity index (χ3v) is 4.91. The number of rotatable bonds is 2. The average Bonchev–Trinajstić information content (AvgIpc) is 2.93. The zero-order valence-electron chi connectivity index (χ0n) is 13.8. The first-order valence-electron chi connectivity index (χ1n) is 8.10. The number of non-ortho nitro benzene ring substituents is 1. The Morgan fingerprint density at radius 2 is 1.77 bits per heavy atom. The zero-order chi connectivity index (χ0) is 18.4. The molecule has 1 aliphatic heterocycles. The van der Waals surface area contributed by atoms with E-state index in [0.717, 1.165) is 5.56 Å². The van der Waals surface area contributed by atoms with Crippen LogP contribution in [0.25, 0.3) is 5.70 Å². The molecule has 4 rings (SSSR count). The summed E-state index contributed by atoms with van der Waals surface area (Å²) in [6.45, 7) is 1.78. The van der Waals surface area contributed by atoms with E-state index >= 15 is 0 Å². The predicted octanol–water partition coefficient (Wildman–Crippen LogP) is 3.90. The van der Waals surface area contributed by atoms with Crippen molar-refractivity contribution < 1.29 is 9.72 Å². The number of nitro groups is 1. The number of hydrogen-bond donors (Lipinski definition) is 0. The summed E-state index contributed by atoms with van der Waals surface area (Å²) < 4.78 is 0. The van der Waals surface area contributed by atoms with Crippen LogP contribution in [0.2, 0.25) is 0 Å². The van der Waals surface area contributed by atoms with Crippen LogP contribution in [0.4, 0.5) is 5.69 Å². The lowest BCUT2D eigenvalue weighted by atomic mass is 9.76. The first kappa shape index (κ1) is 15.9. The molecule has 0 saturated carbocycles. The summed E-state index contributed by atoms with van der Waals surface area (Å²) in [5.74, 6) is -1.21. The van der Waals surface area contributed by atoms with E-state index in [0.29, 0.717) is 28.1 Å². The van der Waals surface area contributed by atoms with Crippen molar-refractivity contribution >= 4 is 22.9 Å². The normalized spacial score (nSPS) is 20.9. The van der Waals surface area contributed by atoms with Gasteiger partial charge in [0.25, 0.3) is 5.69 Å². The first-order valence-corrected chi connectivity index (χ1v) is 8.10. The number of ketones is 1. The summed E-state index contributed by atoms with van der Waals surface area (Å²) in [6, 6.07) is 15.5. The van der Waals surface area contributed by atoms with Crippen LogP contribution in [0.15, 0.2) is 59.1 Å². The number of nitro benzene ring substituents is 1. The number of allylic oxidation sites excluding steroid dienone is 1. The van der Waals surface area contributed by atoms with Crippen molar-refractivity contribution in [2.75, 3.05) is 0 Å². The predicted molar refractivity (Wildman–Crippen MR) is 95.7 cm³/mol. The topological polar surface area (TPSA) is 96.4 Å². The molecule has 1 unspecified atom stereocenters. The van der Waals surface area contributed by atoms with Gasteiger partial charge in [0.05, 0.1) is 22.6 Å². The van der Waals surface area contributed by atoms with Gasteiger partial charge in [-0.3, -0.25) is 19.9 Å². The number of benzene rings is 2. The number of nitrogens with zero attached hydrogens (tertiary/aromatic N) is 3. The lowest BCUT2D eigenvalue weighted by molar-refractivity contribution is -0.384. The van der Waals surface area contributed by atoms with Gasteiger partial charge in [-0.1, -0.05) is 36.4 Å². The van der Waals surface area contributed by atoms with E-state index in [4.69, 9.17) is 0 Å². The van der Waals surface area contributed by atoms with Crippen LogP contribution in [0.1, 0.15) is 34.3 Å². The molecule has 6 nitrogen and oxygen atoms in total. The molecule has 1 heterocycles. The van der Waals surface area contributed by atoms with Crippen LogP contribution in [-0.4, -0.2) is 16.4 Å². The van der Waals surface area contributed by atoms with Gasteiger partial charge in [0, 0.05) is 40.5 Å². The molecule has 126 valence electrons. The van der Waals surface area contributed by atoms with Crippen molar-refractivity contribution in [1.29, 1.82) is 5.26 Å². The highest BCUT2D eigenvalue weighted by Gasteiger charge is 2.42. The molecular weight excluding hydrogens is 330 g/mol. The lowest BCUT2D eigenvalue weighted by Gasteiger charge is -2.27. The van der Waals surface area contributed by atoms with Gasteiger partial charge in [-0.15, -0.1) is 0 Å². The molecule has 2 aromatic carbocycles. The van der Waals surface area contributed by atoms with Crippen molar-refractivity contribution in [1.82, 2.24) is 0 Å². The van der Waals surface area contributed by atoms with E-state index in [1.165, 1.54) is 12.1 Å². The molecule has 26 heavy (non-hydrogen) atoms. The fraction of sp³-hybridized carbons (Fsp3) is 0.150. The second-order valence-corrected chi connectivity index (χ2v) is 6.32. The average molecular weight is 343 g/mol. The Bertz CT molecular complexity index is 1060. The maximum Gasteiger partial charge on any atom is 0.269 e. The highest BCUT2D eigenvalue weighted by atomic mass is 16.6. The minimum absolute atomic E-state index is 0.0290. The Morgan fingerprint density at radius 1 is 1.12 bits per heavy atom. The van der Waals surface area contributed by atoms with Gasteiger partial charge >= 0.3 is 0 Å². The molecule has 0 fully saturated rings. The number of Topliss-reactive ketones (excluding diaryl/α,β-unsaturated/α-hetero) is 1.